The number of aromatic nitrogens is 2. The minimum Gasteiger partial charge on any atom is -0.493 e. The van der Waals surface area contributed by atoms with Crippen molar-refractivity contribution < 1.29 is 4.74 Å². The van der Waals surface area contributed by atoms with Gasteiger partial charge in [0, 0.05) is 10.4 Å². The summed E-state index contributed by atoms with van der Waals surface area (Å²) in [6.07, 6.45) is 1.74. The Morgan fingerprint density at radius 1 is 1.28 bits per heavy atom. The molecule has 0 aliphatic rings. The lowest BCUT2D eigenvalue weighted by molar-refractivity contribution is 0.340. The number of H-pyrrole nitrogens is 1. The number of nitrogens with zero attached hydrogens (tertiary/aromatic N) is 2. The molecule has 0 bridgehead atoms. The Bertz CT molecular complexity index is 1370. The molecule has 29 heavy (non-hydrogen) atoms. The van der Waals surface area contributed by atoms with E-state index in [1.54, 1.807) is 6.08 Å². The van der Waals surface area contributed by atoms with Crippen LogP contribution in [-0.2, 0) is 0 Å². The highest BCUT2D eigenvalue weighted by Gasteiger charge is 2.15. The quantitative estimate of drug-likeness (QED) is 0.476. The molecule has 0 radical (unpaired) electrons. The maximum absolute atomic E-state index is 12.6. The van der Waals surface area contributed by atoms with Gasteiger partial charge in [0.25, 0.3) is 5.56 Å². The molecule has 144 valence electrons. The van der Waals surface area contributed by atoms with Crippen LogP contribution in [-0.4, -0.2) is 16.6 Å². The second-order valence-corrected chi connectivity index (χ2v) is 7.88. The number of hydrogen-bond acceptors (Lipinski definition) is 5. The highest BCUT2D eigenvalue weighted by molar-refractivity contribution is 7.18. The van der Waals surface area contributed by atoms with E-state index in [9.17, 15) is 10.1 Å². The van der Waals surface area contributed by atoms with Crippen molar-refractivity contribution in [3.05, 3.63) is 68.6 Å². The van der Waals surface area contributed by atoms with Crippen molar-refractivity contribution in [3.63, 3.8) is 0 Å². The van der Waals surface area contributed by atoms with E-state index in [2.05, 4.69) is 16.0 Å². The Morgan fingerprint density at radius 2 is 2.07 bits per heavy atom. The number of nitriles is 1. The van der Waals surface area contributed by atoms with E-state index in [4.69, 9.17) is 4.74 Å². The molecule has 4 aromatic rings. The summed E-state index contributed by atoms with van der Waals surface area (Å²) < 4.78 is 5.80. The van der Waals surface area contributed by atoms with Gasteiger partial charge in [-0.3, -0.25) is 4.79 Å². The number of allylic oxidation sites excluding steroid dienone is 1. The maximum atomic E-state index is 12.6. The van der Waals surface area contributed by atoms with Gasteiger partial charge in [0.1, 0.15) is 16.6 Å². The number of rotatable bonds is 4. The minimum absolute atomic E-state index is 0.226. The first-order valence-corrected chi connectivity index (χ1v) is 10.1. The monoisotopic (exact) mass is 401 g/mol. The maximum Gasteiger partial charge on any atom is 0.260 e. The van der Waals surface area contributed by atoms with Gasteiger partial charge < -0.3 is 9.72 Å². The predicted octanol–water partition coefficient (Wildman–Crippen LogP) is 5.22. The number of ether oxygens (including phenoxy) is 1. The van der Waals surface area contributed by atoms with Crippen molar-refractivity contribution in [2.45, 2.75) is 20.8 Å². The zero-order chi connectivity index (χ0) is 20.5. The fourth-order valence-corrected chi connectivity index (χ4v) is 4.42. The van der Waals surface area contributed by atoms with Crippen molar-refractivity contribution in [3.8, 4) is 11.8 Å². The highest BCUT2D eigenvalue weighted by Crippen LogP contribution is 2.32. The van der Waals surface area contributed by atoms with E-state index in [1.165, 1.54) is 11.3 Å². The zero-order valence-corrected chi connectivity index (χ0v) is 17.2. The van der Waals surface area contributed by atoms with Crippen LogP contribution in [0.5, 0.6) is 5.75 Å². The molecular weight excluding hydrogens is 382 g/mol. The summed E-state index contributed by atoms with van der Waals surface area (Å²) in [6.45, 7) is 6.31. The molecule has 6 heteroatoms. The van der Waals surface area contributed by atoms with Gasteiger partial charge in [-0.05, 0) is 49.2 Å². The van der Waals surface area contributed by atoms with Crippen LogP contribution in [0.4, 0.5) is 0 Å². The van der Waals surface area contributed by atoms with Crippen LogP contribution in [0.2, 0.25) is 0 Å². The standard InChI is InChI=1S/C23H19N3O2S/c1-4-28-19-10-9-15-7-5-6-8-17(15)18(19)11-16(12-24)21-25-22(27)20-13(2)14(3)29-23(20)26-21/h5-11H,4H2,1-3H3,(H,25,26,27)/b16-11+. The van der Waals surface area contributed by atoms with Crippen molar-refractivity contribution in [2.24, 2.45) is 0 Å². The second kappa shape index (κ2) is 7.53. The number of aromatic amines is 1. The summed E-state index contributed by atoms with van der Waals surface area (Å²) in [4.78, 5) is 21.7. The van der Waals surface area contributed by atoms with Gasteiger partial charge in [-0.2, -0.15) is 5.26 Å². The molecule has 0 saturated carbocycles. The van der Waals surface area contributed by atoms with Gasteiger partial charge in [-0.1, -0.05) is 30.3 Å². The van der Waals surface area contributed by atoms with E-state index in [-0.39, 0.29) is 17.0 Å². The van der Waals surface area contributed by atoms with Crippen LogP contribution in [0, 0.1) is 25.2 Å². The molecule has 0 unspecified atom stereocenters. The lowest BCUT2D eigenvalue weighted by Gasteiger charge is -2.11. The summed E-state index contributed by atoms with van der Waals surface area (Å²) >= 11 is 1.46. The molecule has 0 saturated heterocycles. The van der Waals surface area contributed by atoms with Gasteiger partial charge in [0.15, 0.2) is 5.82 Å². The summed E-state index contributed by atoms with van der Waals surface area (Å²) in [5, 5.41) is 12.4. The SMILES string of the molecule is CCOc1ccc2ccccc2c1/C=C(\C#N)c1nc2sc(C)c(C)c2c(=O)[nH]1. The summed E-state index contributed by atoms with van der Waals surface area (Å²) in [7, 11) is 0. The molecule has 0 aliphatic heterocycles. The molecule has 0 aliphatic carbocycles. The topological polar surface area (TPSA) is 78.8 Å². The smallest absolute Gasteiger partial charge is 0.260 e. The van der Waals surface area contributed by atoms with Crippen LogP contribution in [0.15, 0.2) is 41.2 Å². The number of thiophene rings is 1. The average molecular weight is 401 g/mol. The van der Waals surface area contributed by atoms with E-state index >= 15 is 0 Å². The Kier molecular flexibility index (Phi) is 4.91. The highest BCUT2D eigenvalue weighted by atomic mass is 32.1. The Morgan fingerprint density at radius 3 is 2.83 bits per heavy atom. The van der Waals surface area contributed by atoms with Crippen LogP contribution in [0.3, 0.4) is 0 Å². The second-order valence-electron chi connectivity index (χ2n) is 6.68. The van der Waals surface area contributed by atoms with E-state index in [0.717, 1.165) is 26.8 Å². The molecule has 0 amide bonds. The van der Waals surface area contributed by atoms with Gasteiger partial charge in [0.05, 0.1) is 17.6 Å². The van der Waals surface area contributed by atoms with Crippen LogP contribution in [0.1, 0.15) is 28.8 Å². The molecule has 5 nitrogen and oxygen atoms in total. The molecule has 1 N–H and O–H groups in total. The third-order valence-electron chi connectivity index (χ3n) is 4.93. The number of fused-ring (bicyclic) bond motifs is 2. The van der Waals surface area contributed by atoms with Gasteiger partial charge in [0.2, 0.25) is 0 Å². The van der Waals surface area contributed by atoms with Crippen LogP contribution in [0.25, 0.3) is 32.6 Å². The van der Waals surface area contributed by atoms with Crippen LogP contribution < -0.4 is 10.3 Å². The molecule has 2 aromatic carbocycles. The fourth-order valence-electron chi connectivity index (χ4n) is 3.39. The first-order valence-electron chi connectivity index (χ1n) is 9.30. The molecular formula is C23H19N3O2S. The Hall–Kier alpha value is -3.43. The number of aryl methyl sites for hydroxylation is 2. The van der Waals surface area contributed by atoms with E-state index in [0.29, 0.717) is 22.6 Å². The van der Waals surface area contributed by atoms with E-state index < -0.39 is 0 Å². The minimum atomic E-state index is -0.226. The van der Waals surface area contributed by atoms with Gasteiger partial charge >= 0.3 is 0 Å². The number of hydrogen-bond donors (Lipinski definition) is 1. The van der Waals surface area contributed by atoms with Crippen molar-refractivity contribution in [1.82, 2.24) is 9.97 Å². The molecule has 2 aromatic heterocycles. The lowest BCUT2D eigenvalue weighted by atomic mass is 10.0. The summed E-state index contributed by atoms with van der Waals surface area (Å²) in [5.41, 5.74) is 1.78. The normalized spacial score (nSPS) is 11.7. The van der Waals surface area contributed by atoms with Crippen LogP contribution >= 0.6 is 11.3 Å². The molecule has 0 fully saturated rings. The van der Waals surface area contributed by atoms with Crippen molar-refractivity contribution in [2.75, 3.05) is 6.61 Å². The largest absolute Gasteiger partial charge is 0.493 e. The fraction of sp³-hybridized carbons (Fsp3) is 0.174. The molecule has 2 heterocycles. The van der Waals surface area contributed by atoms with Gasteiger partial charge in [-0.15, -0.1) is 11.3 Å². The lowest BCUT2D eigenvalue weighted by Crippen LogP contribution is -2.11. The van der Waals surface area contributed by atoms with Crippen molar-refractivity contribution in [1.29, 1.82) is 5.26 Å². The van der Waals surface area contributed by atoms with E-state index in [1.807, 2.05) is 57.2 Å². The van der Waals surface area contributed by atoms with Crippen molar-refractivity contribution >= 4 is 44.0 Å². The molecule has 0 atom stereocenters. The predicted molar refractivity (Wildman–Crippen MR) is 118 cm³/mol. The zero-order valence-electron chi connectivity index (χ0n) is 16.4. The number of nitrogens with one attached hydrogen (secondary N) is 1. The third-order valence-corrected chi connectivity index (χ3v) is 6.03. The first-order chi connectivity index (χ1) is 14.0. The average Bonchev–Trinajstić information content (AvgIpc) is 3.01. The third kappa shape index (κ3) is 3.30. The molecule has 4 rings (SSSR count). The summed E-state index contributed by atoms with van der Waals surface area (Å²) in [6, 6.07) is 14.0. The summed E-state index contributed by atoms with van der Waals surface area (Å²) in [5.74, 6) is 0.951. The Balaban J connectivity index is 1.96. The number of benzene rings is 2. The van der Waals surface area contributed by atoms with Gasteiger partial charge in [-0.25, -0.2) is 4.98 Å². The molecule has 0 spiro atoms. The first kappa shape index (κ1) is 18.9. The Labute approximate surface area is 171 Å².